The summed E-state index contributed by atoms with van der Waals surface area (Å²) in [5.41, 5.74) is 0.945. The fraction of sp³-hybridized carbons (Fsp3) is 0.267. The summed E-state index contributed by atoms with van der Waals surface area (Å²) in [4.78, 5) is 22.6. The second-order valence-corrected chi connectivity index (χ2v) is 5.26. The van der Waals surface area contributed by atoms with Gasteiger partial charge in [0.25, 0.3) is 5.91 Å². The number of nitrogens with one attached hydrogen (secondary N) is 1. The van der Waals surface area contributed by atoms with Gasteiger partial charge in [-0.3, -0.25) is 4.79 Å². The number of amides is 1. The number of rotatable bonds is 3. The second kappa shape index (κ2) is 6.72. The fourth-order valence-corrected chi connectivity index (χ4v) is 2.39. The minimum absolute atomic E-state index is 0.292. The maximum absolute atomic E-state index is 12.3. The van der Waals surface area contributed by atoms with Gasteiger partial charge in [0.15, 0.2) is 0 Å². The van der Waals surface area contributed by atoms with E-state index >= 15 is 0 Å². The summed E-state index contributed by atoms with van der Waals surface area (Å²) in [6.45, 7) is 2.83. The lowest BCUT2D eigenvalue weighted by Crippen LogP contribution is -2.37. The van der Waals surface area contributed by atoms with Gasteiger partial charge in [-0.25, -0.2) is 9.97 Å². The minimum atomic E-state index is -0.292. The molecule has 0 spiro atoms. The maximum atomic E-state index is 12.3. The maximum Gasteiger partial charge on any atom is 0.274 e. The largest absolute Gasteiger partial charge is 0.378 e. The van der Waals surface area contributed by atoms with Gasteiger partial charge < -0.3 is 15.0 Å². The molecule has 0 aliphatic carbocycles. The lowest BCUT2D eigenvalue weighted by Gasteiger charge is -2.27. The number of anilines is 2. The van der Waals surface area contributed by atoms with Crippen molar-refractivity contribution in [3.63, 3.8) is 0 Å². The number of hydrogen-bond acceptors (Lipinski definition) is 5. The van der Waals surface area contributed by atoms with Crippen LogP contribution in [-0.4, -0.2) is 42.2 Å². The molecule has 0 saturated carbocycles. The van der Waals surface area contributed by atoms with Crippen LogP contribution in [0.3, 0.4) is 0 Å². The molecule has 1 aromatic carbocycles. The van der Waals surface area contributed by atoms with Crippen molar-refractivity contribution in [2.75, 3.05) is 36.5 Å². The Morgan fingerprint density at radius 1 is 1.23 bits per heavy atom. The first-order valence-corrected chi connectivity index (χ1v) is 7.32. The Bertz CT molecular complexity index is 674. The molecule has 6 nitrogen and oxygen atoms in total. The number of carbonyl (C=O) groups excluding carboxylic acids is 1. The molecule has 0 unspecified atom stereocenters. The van der Waals surface area contributed by atoms with Gasteiger partial charge in [-0.05, 0) is 18.2 Å². The van der Waals surface area contributed by atoms with E-state index in [2.05, 4.69) is 20.2 Å². The van der Waals surface area contributed by atoms with Crippen LogP contribution in [0.15, 0.2) is 36.7 Å². The first-order chi connectivity index (χ1) is 10.7. The van der Waals surface area contributed by atoms with Gasteiger partial charge in [0.2, 0.25) is 0 Å². The number of aromatic nitrogens is 2. The molecule has 1 aliphatic rings. The van der Waals surface area contributed by atoms with Crippen LogP contribution in [0.25, 0.3) is 0 Å². The van der Waals surface area contributed by atoms with Gasteiger partial charge in [0.1, 0.15) is 17.8 Å². The first kappa shape index (κ1) is 14.7. The molecule has 1 aliphatic heterocycles. The normalized spacial score (nSPS) is 14.7. The number of hydrogen-bond donors (Lipinski definition) is 1. The van der Waals surface area contributed by atoms with Gasteiger partial charge in [-0.2, -0.15) is 0 Å². The third kappa shape index (κ3) is 3.52. The van der Waals surface area contributed by atoms with E-state index in [0.29, 0.717) is 29.6 Å². The summed E-state index contributed by atoms with van der Waals surface area (Å²) >= 11 is 5.91. The zero-order valence-electron chi connectivity index (χ0n) is 11.8. The van der Waals surface area contributed by atoms with Crippen LogP contribution >= 0.6 is 11.6 Å². The quantitative estimate of drug-likeness (QED) is 0.940. The van der Waals surface area contributed by atoms with E-state index in [0.717, 1.165) is 18.9 Å². The molecule has 0 radical (unpaired) electrons. The average Bonchev–Trinajstić information content (AvgIpc) is 2.56. The van der Waals surface area contributed by atoms with Crippen LogP contribution in [0.5, 0.6) is 0 Å². The van der Waals surface area contributed by atoms with Crippen LogP contribution in [-0.2, 0) is 4.74 Å². The fourth-order valence-electron chi connectivity index (χ4n) is 2.20. The molecule has 22 heavy (non-hydrogen) atoms. The summed E-state index contributed by atoms with van der Waals surface area (Å²) in [7, 11) is 0. The Balaban J connectivity index is 1.75. The highest BCUT2D eigenvalue weighted by Gasteiger charge is 2.15. The highest BCUT2D eigenvalue weighted by Crippen LogP contribution is 2.17. The lowest BCUT2D eigenvalue weighted by atomic mass is 10.3. The van der Waals surface area contributed by atoms with E-state index < -0.39 is 0 Å². The molecule has 7 heteroatoms. The lowest BCUT2D eigenvalue weighted by molar-refractivity contribution is 0.102. The second-order valence-electron chi connectivity index (χ2n) is 4.83. The number of halogens is 1. The van der Waals surface area contributed by atoms with E-state index in [1.165, 1.54) is 6.33 Å². The van der Waals surface area contributed by atoms with Crippen LogP contribution in [0.4, 0.5) is 11.5 Å². The SMILES string of the molecule is O=C(Nc1cccc(Cl)c1)c1cc(N2CCOCC2)ncn1. The van der Waals surface area contributed by atoms with E-state index in [1.54, 1.807) is 30.3 Å². The highest BCUT2D eigenvalue weighted by molar-refractivity contribution is 6.30. The summed E-state index contributed by atoms with van der Waals surface area (Å²) in [6.07, 6.45) is 1.40. The summed E-state index contributed by atoms with van der Waals surface area (Å²) in [6, 6.07) is 8.66. The third-order valence-corrected chi connectivity index (χ3v) is 3.54. The predicted molar refractivity (Wildman–Crippen MR) is 84.5 cm³/mol. The number of nitrogens with zero attached hydrogens (tertiary/aromatic N) is 3. The predicted octanol–water partition coefficient (Wildman–Crippen LogP) is 2.22. The van der Waals surface area contributed by atoms with E-state index in [9.17, 15) is 4.79 Å². The smallest absolute Gasteiger partial charge is 0.274 e. The number of morpholine rings is 1. The van der Waals surface area contributed by atoms with Gasteiger partial charge >= 0.3 is 0 Å². The van der Waals surface area contributed by atoms with E-state index in [-0.39, 0.29) is 5.91 Å². The summed E-state index contributed by atoms with van der Waals surface area (Å²) < 4.78 is 5.31. The van der Waals surface area contributed by atoms with Crippen molar-refractivity contribution in [2.45, 2.75) is 0 Å². The molecular formula is C15H15ClN4O2. The van der Waals surface area contributed by atoms with Crippen LogP contribution in [0, 0.1) is 0 Å². The Morgan fingerprint density at radius 2 is 2.05 bits per heavy atom. The molecular weight excluding hydrogens is 304 g/mol. The van der Waals surface area contributed by atoms with Gasteiger partial charge in [-0.15, -0.1) is 0 Å². The van der Waals surface area contributed by atoms with Crippen molar-refractivity contribution in [2.24, 2.45) is 0 Å². The molecule has 114 valence electrons. The Morgan fingerprint density at radius 3 is 2.82 bits per heavy atom. The van der Waals surface area contributed by atoms with Crippen molar-refractivity contribution in [1.29, 1.82) is 0 Å². The van der Waals surface area contributed by atoms with Crippen molar-refractivity contribution < 1.29 is 9.53 Å². The van der Waals surface area contributed by atoms with E-state index in [4.69, 9.17) is 16.3 Å². The van der Waals surface area contributed by atoms with Crippen molar-refractivity contribution in [3.05, 3.63) is 47.4 Å². The first-order valence-electron chi connectivity index (χ1n) is 6.94. The minimum Gasteiger partial charge on any atom is -0.378 e. The van der Waals surface area contributed by atoms with Crippen molar-refractivity contribution in [3.8, 4) is 0 Å². The Hall–Kier alpha value is -2.18. The topological polar surface area (TPSA) is 67.4 Å². The molecule has 1 fully saturated rings. The molecule has 3 rings (SSSR count). The summed E-state index contributed by atoms with van der Waals surface area (Å²) in [5.74, 6) is 0.439. The Kier molecular flexibility index (Phi) is 4.50. The molecule has 1 saturated heterocycles. The van der Waals surface area contributed by atoms with Crippen molar-refractivity contribution >= 4 is 29.0 Å². The zero-order valence-corrected chi connectivity index (χ0v) is 12.6. The van der Waals surface area contributed by atoms with Gasteiger partial charge in [0, 0.05) is 29.9 Å². The van der Waals surface area contributed by atoms with Crippen LogP contribution < -0.4 is 10.2 Å². The number of benzene rings is 1. The molecule has 1 N–H and O–H groups in total. The molecule has 2 heterocycles. The van der Waals surface area contributed by atoms with Crippen LogP contribution in [0.1, 0.15) is 10.5 Å². The molecule has 1 amide bonds. The van der Waals surface area contributed by atoms with Gasteiger partial charge in [0.05, 0.1) is 13.2 Å². The highest BCUT2D eigenvalue weighted by atomic mass is 35.5. The molecule has 2 aromatic rings. The molecule has 0 bridgehead atoms. The molecule has 1 aromatic heterocycles. The van der Waals surface area contributed by atoms with Crippen LogP contribution in [0.2, 0.25) is 5.02 Å². The molecule has 0 atom stereocenters. The number of carbonyl (C=O) groups is 1. The number of ether oxygens (including phenoxy) is 1. The third-order valence-electron chi connectivity index (χ3n) is 3.30. The van der Waals surface area contributed by atoms with Gasteiger partial charge in [-0.1, -0.05) is 17.7 Å². The van der Waals surface area contributed by atoms with Crippen molar-refractivity contribution in [1.82, 2.24) is 9.97 Å². The Labute approximate surface area is 133 Å². The summed E-state index contributed by atoms with van der Waals surface area (Å²) in [5, 5.41) is 3.34. The zero-order chi connectivity index (χ0) is 15.4. The average molecular weight is 319 g/mol. The standard InChI is InChI=1S/C15H15ClN4O2/c16-11-2-1-3-12(8-11)19-15(21)13-9-14(18-10-17-13)20-4-6-22-7-5-20/h1-3,8-10H,4-7H2,(H,19,21). The monoisotopic (exact) mass is 318 g/mol. The van der Waals surface area contributed by atoms with E-state index in [1.807, 2.05) is 0 Å².